The summed E-state index contributed by atoms with van der Waals surface area (Å²) < 4.78 is 5.50. The number of non-ortho nitro benzene ring substituents is 1. The first-order chi connectivity index (χ1) is 13.3. The van der Waals surface area contributed by atoms with Crippen LogP contribution < -0.4 is 4.74 Å². The number of nitro benzene ring substituents is 1. The SMILES string of the molecule is O=C1S/C(=C\c2cc([N+](=O)[O-])ccc2Cl)C(=O)N1CCOc1ccc(Cl)cc1. The summed E-state index contributed by atoms with van der Waals surface area (Å²) in [5.41, 5.74) is 0.130. The summed E-state index contributed by atoms with van der Waals surface area (Å²) in [5, 5.41) is 11.3. The molecule has 0 N–H and O–H groups in total. The van der Waals surface area contributed by atoms with Gasteiger partial charge in [0.05, 0.1) is 16.4 Å². The highest BCUT2D eigenvalue weighted by Crippen LogP contribution is 2.34. The molecule has 0 aromatic heterocycles. The Morgan fingerprint density at radius 1 is 1.14 bits per heavy atom. The lowest BCUT2D eigenvalue weighted by atomic mass is 10.2. The number of amides is 2. The van der Waals surface area contributed by atoms with Crippen LogP contribution in [0, 0.1) is 10.1 Å². The van der Waals surface area contributed by atoms with Gasteiger partial charge in [-0.1, -0.05) is 23.2 Å². The van der Waals surface area contributed by atoms with Crippen molar-refractivity contribution in [1.29, 1.82) is 0 Å². The molecular formula is C18H12Cl2N2O5S. The third-order valence-corrected chi connectivity index (χ3v) is 5.25. The molecule has 1 heterocycles. The highest BCUT2D eigenvalue weighted by molar-refractivity contribution is 8.18. The molecule has 1 fully saturated rings. The molecule has 2 aromatic rings. The maximum Gasteiger partial charge on any atom is 0.293 e. The largest absolute Gasteiger partial charge is 0.492 e. The van der Waals surface area contributed by atoms with Crippen molar-refractivity contribution in [2.75, 3.05) is 13.2 Å². The Bertz CT molecular complexity index is 978. The van der Waals surface area contributed by atoms with Gasteiger partial charge in [-0.15, -0.1) is 0 Å². The Labute approximate surface area is 174 Å². The number of hydrogen-bond donors (Lipinski definition) is 0. The number of ether oxygens (including phenoxy) is 1. The molecular weight excluding hydrogens is 427 g/mol. The maximum atomic E-state index is 12.5. The van der Waals surface area contributed by atoms with Gasteiger partial charge in [0.2, 0.25) is 0 Å². The van der Waals surface area contributed by atoms with Gasteiger partial charge in [-0.2, -0.15) is 0 Å². The van der Waals surface area contributed by atoms with E-state index in [1.54, 1.807) is 24.3 Å². The minimum atomic E-state index is -0.562. The fourth-order valence-electron chi connectivity index (χ4n) is 2.37. The Kier molecular flexibility index (Phi) is 6.23. The monoisotopic (exact) mass is 438 g/mol. The molecule has 144 valence electrons. The minimum absolute atomic E-state index is 0.0628. The lowest BCUT2D eigenvalue weighted by molar-refractivity contribution is -0.384. The summed E-state index contributed by atoms with van der Waals surface area (Å²) in [5.74, 6) is 0.0626. The molecule has 1 saturated heterocycles. The first-order valence-electron chi connectivity index (χ1n) is 7.93. The highest BCUT2D eigenvalue weighted by Gasteiger charge is 2.35. The van der Waals surface area contributed by atoms with E-state index in [1.165, 1.54) is 24.3 Å². The van der Waals surface area contributed by atoms with Crippen molar-refractivity contribution in [3.63, 3.8) is 0 Å². The second-order valence-electron chi connectivity index (χ2n) is 5.60. The highest BCUT2D eigenvalue weighted by atomic mass is 35.5. The molecule has 0 bridgehead atoms. The van der Waals surface area contributed by atoms with Gasteiger partial charge in [-0.25, -0.2) is 0 Å². The summed E-state index contributed by atoms with van der Waals surface area (Å²) >= 11 is 12.6. The van der Waals surface area contributed by atoms with E-state index in [9.17, 15) is 19.7 Å². The molecule has 1 aliphatic rings. The molecule has 10 heteroatoms. The molecule has 2 amide bonds. The zero-order valence-corrected chi connectivity index (χ0v) is 16.5. The van der Waals surface area contributed by atoms with Crippen molar-refractivity contribution >= 4 is 57.9 Å². The van der Waals surface area contributed by atoms with Gasteiger partial charge in [-0.3, -0.25) is 24.6 Å². The van der Waals surface area contributed by atoms with Gasteiger partial charge < -0.3 is 4.74 Å². The van der Waals surface area contributed by atoms with Gasteiger partial charge in [0.1, 0.15) is 12.4 Å². The van der Waals surface area contributed by atoms with Crippen LogP contribution in [0.5, 0.6) is 5.75 Å². The van der Waals surface area contributed by atoms with Crippen molar-refractivity contribution < 1.29 is 19.2 Å². The number of carbonyl (C=O) groups excluding carboxylic acids is 2. The molecule has 0 radical (unpaired) electrons. The zero-order valence-electron chi connectivity index (χ0n) is 14.1. The lowest BCUT2D eigenvalue weighted by Crippen LogP contribution is -2.32. The molecule has 0 spiro atoms. The number of rotatable bonds is 6. The van der Waals surface area contributed by atoms with Crippen molar-refractivity contribution in [2.24, 2.45) is 0 Å². The summed E-state index contributed by atoms with van der Waals surface area (Å²) in [6.45, 7) is 0.178. The van der Waals surface area contributed by atoms with E-state index < -0.39 is 16.1 Å². The molecule has 2 aromatic carbocycles. The summed E-state index contributed by atoms with van der Waals surface area (Å²) in [6.07, 6.45) is 1.38. The smallest absolute Gasteiger partial charge is 0.293 e. The first kappa shape index (κ1) is 20.2. The van der Waals surface area contributed by atoms with Crippen LogP contribution in [-0.4, -0.2) is 34.1 Å². The number of nitro groups is 1. The fraction of sp³-hybridized carbons (Fsp3) is 0.111. The topological polar surface area (TPSA) is 89.8 Å². The van der Waals surface area contributed by atoms with E-state index in [0.29, 0.717) is 16.3 Å². The maximum absolute atomic E-state index is 12.5. The van der Waals surface area contributed by atoms with Gasteiger partial charge in [0.15, 0.2) is 0 Å². The van der Waals surface area contributed by atoms with E-state index in [-0.39, 0.29) is 28.8 Å². The van der Waals surface area contributed by atoms with Gasteiger partial charge in [0.25, 0.3) is 16.8 Å². The van der Waals surface area contributed by atoms with Gasteiger partial charge >= 0.3 is 0 Å². The molecule has 0 unspecified atom stereocenters. The summed E-state index contributed by atoms with van der Waals surface area (Å²) in [6, 6.07) is 10.6. The number of thioether (sulfide) groups is 1. The zero-order chi connectivity index (χ0) is 20.3. The molecule has 28 heavy (non-hydrogen) atoms. The molecule has 3 rings (SSSR count). The quantitative estimate of drug-likeness (QED) is 0.357. The van der Waals surface area contributed by atoms with E-state index in [1.807, 2.05) is 0 Å². The third kappa shape index (κ3) is 4.64. The van der Waals surface area contributed by atoms with Gasteiger partial charge in [0, 0.05) is 27.7 Å². The van der Waals surface area contributed by atoms with E-state index in [2.05, 4.69) is 0 Å². The number of carbonyl (C=O) groups is 2. The van der Waals surface area contributed by atoms with Crippen molar-refractivity contribution in [3.05, 3.63) is 73.1 Å². The van der Waals surface area contributed by atoms with Crippen LogP contribution in [0.3, 0.4) is 0 Å². The van der Waals surface area contributed by atoms with E-state index in [4.69, 9.17) is 27.9 Å². The summed E-state index contributed by atoms with van der Waals surface area (Å²) in [7, 11) is 0. The van der Waals surface area contributed by atoms with Crippen LogP contribution >= 0.6 is 35.0 Å². The second kappa shape index (κ2) is 8.64. The lowest BCUT2D eigenvalue weighted by Gasteiger charge is -2.13. The first-order valence-corrected chi connectivity index (χ1v) is 9.50. The van der Waals surface area contributed by atoms with Crippen molar-refractivity contribution in [2.45, 2.75) is 0 Å². The van der Waals surface area contributed by atoms with E-state index in [0.717, 1.165) is 16.7 Å². The number of nitrogens with zero attached hydrogens (tertiary/aromatic N) is 2. The average molecular weight is 439 g/mol. The number of imide groups is 1. The normalized spacial score (nSPS) is 15.4. The molecule has 0 aliphatic carbocycles. The van der Waals surface area contributed by atoms with Crippen LogP contribution in [-0.2, 0) is 4.79 Å². The fourth-order valence-corrected chi connectivity index (χ4v) is 3.53. The van der Waals surface area contributed by atoms with Gasteiger partial charge in [-0.05, 0) is 48.2 Å². The molecule has 1 aliphatic heterocycles. The standard InChI is InChI=1S/C18H12Cl2N2O5S/c19-12-1-4-14(5-2-12)27-8-7-21-17(23)16(28-18(21)24)10-11-9-13(22(25)26)3-6-15(11)20/h1-6,9-10H,7-8H2/b16-10-. The van der Waals surface area contributed by atoms with Crippen LogP contribution in [0.2, 0.25) is 10.0 Å². The Morgan fingerprint density at radius 2 is 1.86 bits per heavy atom. The number of benzene rings is 2. The van der Waals surface area contributed by atoms with Crippen LogP contribution in [0.4, 0.5) is 10.5 Å². The molecule has 0 atom stereocenters. The van der Waals surface area contributed by atoms with Crippen molar-refractivity contribution in [3.8, 4) is 5.75 Å². The Morgan fingerprint density at radius 3 is 2.54 bits per heavy atom. The number of hydrogen-bond acceptors (Lipinski definition) is 6. The van der Waals surface area contributed by atoms with Crippen LogP contribution in [0.15, 0.2) is 47.4 Å². The Hall–Kier alpha value is -2.55. The predicted molar refractivity (Wildman–Crippen MR) is 108 cm³/mol. The third-order valence-electron chi connectivity index (χ3n) is 3.75. The summed E-state index contributed by atoms with van der Waals surface area (Å²) in [4.78, 5) is 36.2. The minimum Gasteiger partial charge on any atom is -0.492 e. The second-order valence-corrected chi connectivity index (χ2v) is 7.44. The Balaban J connectivity index is 1.69. The predicted octanol–water partition coefficient (Wildman–Crippen LogP) is 5.02. The average Bonchev–Trinajstić information content (AvgIpc) is 2.92. The van der Waals surface area contributed by atoms with Crippen LogP contribution in [0.1, 0.15) is 5.56 Å². The molecule has 0 saturated carbocycles. The number of halogens is 2. The van der Waals surface area contributed by atoms with Crippen molar-refractivity contribution in [1.82, 2.24) is 4.90 Å². The van der Waals surface area contributed by atoms with Crippen LogP contribution in [0.25, 0.3) is 6.08 Å². The molecule has 7 nitrogen and oxygen atoms in total. The van der Waals surface area contributed by atoms with E-state index >= 15 is 0 Å².